The average Bonchev–Trinajstić information content (AvgIpc) is 3.22. The molecule has 5 nitrogen and oxygen atoms in total. The molecule has 0 radical (unpaired) electrons. The quantitative estimate of drug-likeness (QED) is 0.548. The minimum absolute atomic E-state index is 0.00836. The summed E-state index contributed by atoms with van der Waals surface area (Å²) in [5.41, 5.74) is 3.53. The van der Waals surface area contributed by atoms with Crippen LogP contribution >= 0.6 is 0 Å². The summed E-state index contributed by atoms with van der Waals surface area (Å²) >= 11 is 0. The number of hydrogen-bond donors (Lipinski definition) is 1. The Morgan fingerprint density at radius 1 is 1.06 bits per heavy atom. The number of piperidine rings is 1. The van der Waals surface area contributed by atoms with Crippen LogP contribution in [0, 0.1) is 0 Å². The molecule has 188 valence electrons. The summed E-state index contributed by atoms with van der Waals surface area (Å²) in [6.07, 6.45) is 6.47. The lowest BCUT2D eigenvalue weighted by Crippen LogP contribution is -2.45. The van der Waals surface area contributed by atoms with E-state index in [2.05, 4.69) is 16.0 Å². The van der Waals surface area contributed by atoms with Gasteiger partial charge in [-0.05, 0) is 48.9 Å². The van der Waals surface area contributed by atoms with Crippen molar-refractivity contribution in [1.29, 1.82) is 0 Å². The van der Waals surface area contributed by atoms with Crippen molar-refractivity contribution < 1.29 is 14.3 Å². The lowest BCUT2D eigenvalue weighted by molar-refractivity contribution is 0.0192. The van der Waals surface area contributed by atoms with Crippen LogP contribution in [0.1, 0.15) is 65.6 Å². The van der Waals surface area contributed by atoms with Crippen LogP contribution in [0.3, 0.4) is 0 Å². The number of carbonyl (C=O) groups excluding carboxylic acids is 1. The highest BCUT2D eigenvalue weighted by Gasteiger charge is 2.39. The molecule has 1 N–H and O–H groups in total. The van der Waals surface area contributed by atoms with Crippen molar-refractivity contribution in [3.63, 3.8) is 0 Å². The van der Waals surface area contributed by atoms with Crippen LogP contribution in [0.5, 0.6) is 0 Å². The van der Waals surface area contributed by atoms with Crippen LogP contribution < -0.4 is 0 Å². The fraction of sp³-hybridized carbons (Fsp3) is 0.467. The van der Waals surface area contributed by atoms with Crippen molar-refractivity contribution in [2.45, 2.75) is 75.8 Å². The number of likely N-dealkylation sites (tertiary alicyclic amines) is 1. The van der Waals surface area contributed by atoms with Crippen molar-refractivity contribution >= 4 is 16.8 Å². The topological polar surface area (TPSA) is 56.7 Å². The number of halogens is 1. The van der Waals surface area contributed by atoms with E-state index in [4.69, 9.17) is 0 Å². The van der Waals surface area contributed by atoms with Crippen molar-refractivity contribution in [2.75, 3.05) is 13.1 Å². The Hall–Kier alpha value is -2.83. The van der Waals surface area contributed by atoms with Gasteiger partial charge in [0.15, 0.2) is 0 Å². The fourth-order valence-electron chi connectivity index (χ4n) is 6.46. The highest BCUT2D eigenvalue weighted by atomic mass is 19.1. The number of aromatic nitrogens is 1. The maximum atomic E-state index is 15.6. The standard InChI is InChI=1S/C30H34FN3O2/c31-30(18-21-7-2-1-3-8-21)12-15-33(16-13-30)19-22-17-24-25(28-23(22)9-6-14-32-28)20-34(29(24)36)26-10-4-5-11-27(26)35/h1-3,6-9,14,17,26-27,35H,4-5,10-13,15-16,18-20H2. The minimum Gasteiger partial charge on any atom is -0.391 e. The number of benzene rings is 2. The molecule has 2 fully saturated rings. The second-order valence-corrected chi connectivity index (χ2v) is 10.9. The van der Waals surface area contributed by atoms with Crippen molar-refractivity contribution in [1.82, 2.24) is 14.8 Å². The average molecular weight is 488 g/mol. The number of amides is 1. The van der Waals surface area contributed by atoms with Gasteiger partial charge in [0.25, 0.3) is 5.91 Å². The van der Waals surface area contributed by atoms with Gasteiger partial charge in [-0.25, -0.2) is 4.39 Å². The maximum Gasteiger partial charge on any atom is 0.254 e. The lowest BCUT2D eigenvalue weighted by Gasteiger charge is -2.36. The van der Waals surface area contributed by atoms with Crippen LogP contribution in [-0.4, -0.2) is 56.7 Å². The molecule has 2 atom stereocenters. The summed E-state index contributed by atoms with van der Waals surface area (Å²) in [7, 11) is 0. The number of pyridine rings is 1. The molecule has 1 aliphatic carbocycles. The molecule has 0 spiro atoms. The van der Waals surface area contributed by atoms with Gasteiger partial charge < -0.3 is 10.0 Å². The van der Waals surface area contributed by atoms with E-state index in [1.807, 2.05) is 47.4 Å². The number of hydrogen-bond acceptors (Lipinski definition) is 4. The molecule has 6 rings (SSSR count). The van der Waals surface area contributed by atoms with Crippen LogP contribution in [-0.2, 0) is 19.5 Å². The smallest absolute Gasteiger partial charge is 0.254 e. The summed E-state index contributed by atoms with van der Waals surface area (Å²) in [6.45, 7) is 2.57. The Morgan fingerprint density at radius 3 is 2.61 bits per heavy atom. The van der Waals surface area contributed by atoms with Crippen molar-refractivity contribution in [2.24, 2.45) is 0 Å². The monoisotopic (exact) mass is 487 g/mol. The zero-order chi connectivity index (χ0) is 24.7. The Kier molecular flexibility index (Phi) is 6.26. The first-order valence-electron chi connectivity index (χ1n) is 13.3. The molecule has 2 aliphatic heterocycles. The third kappa shape index (κ3) is 4.41. The number of fused-ring (bicyclic) bond motifs is 3. The fourth-order valence-corrected chi connectivity index (χ4v) is 6.46. The SMILES string of the molecule is O=C1c2cc(CN3CCC(F)(Cc4ccccc4)CC3)c3cccnc3c2CN1C1CCCCC1O. The van der Waals surface area contributed by atoms with Gasteiger partial charge in [-0.2, -0.15) is 0 Å². The van der Waals surface area contributed by atoms with E-state index in [1.54, 1.807) is 6.20 Å². The number of nitrogens with zero attached hydrogens (tertiary/aromatic N) is 3. The Balaban J connectivity index is 1.22. The largest absolute Gasteiger partial charge is 0.391 e. The molecule has 1 saturated heterocycles. The maximum absolute atomic E-state index is 15.6. The molecule has 2 unspecified atom stereocenters. The van der Waals surface area contributed by atoms with Gasteiger partial charge in [-0.15, -0.1) is 0 Å². The number of aliphatic hydroxyl groups excluding tert-OH is 1. The van der Waals surface area contributed by atoms with Crippen LogP contribution in [0.2, 0.25) is 0 Å². The normalized spacial score (nSPS) is 24.3. The molecule has 1 amide bonds. The molecular weight excluding hydrogens is 453 g/mol. The Bertz CT molecular complexity index is 1260. The summed E-state index contributed by atoms with van der Waals surface area (Å²) in [6, 6.07) is 15.9. The predicted molar refractivity (Wildman–Crippen MR) is 138 cm³/mol. The first-order chi connectivity index (χ1) is 17.5. The summed E-state index contributed by atoms with van der Waals surface area (Å²) < 4.78 is 15.6. The Morgan fingerprint density at radius 2 is 1.83 bits per heavy atom. The van der Waals surface area contributed by atoms with Crippen molar-refractivity contribution in [3.8, 4) is 0 Å². The molecule has 3 aliphatic rings. The number of aliphatic hydroxyl groups is 1. The van der Waals surface area contributed by atoms with E-state index in [1.165, 1.54) is 0 Å². The molecule has 2 aromatic carbocycles. The molecule has 1 saturated carbocycles. The first-order valence-corrected chi connectivity index (χ1v) is 13.3. The second-order valence-electron chi connectivity index (χ2n) is 10.9. The predicted octanol–water partition coefficient (Wildman–Crippen LogP) is 5.04. The highest BCUT2D eigenvalue weighted by molar-refractivity contribution is 6.04. The van der Waals surface area contributed by atoms with E-state index >= 15 is 4.39 Å². The third-order valence-electron chi connectivity index (χ3n) is 8.51. The molecule has 36 heavy (non-hydrogen) atoms. The first kappa shape index (κ1) is 23.6. The van der Waals surface area contributed by atoms with Gasteiger partial charge in [0, 0.05) is 55.3 Å². The van der Waals surface area contributed by atoms with E-state index in [9.17, 15) is 9.90 Å². The lowest BCUT2D eigenvalue weighted by atomic mass is 9.86. The van der Waals surface area contributed by atoms with Gasteiger partial charge in [-0.3, -0.25) is 14.7 Å². The van der Waals surface area contributed by atoms with Crippen LogP contribution in [0.25, 0.3) is 10.9 Å². The van der Waals surface area contributed by atoms with E-state index in [0.717, 1.165) is 58.8 Å². The van der Waals surface area contributed by atoms with Gasteiger partial charge in [0.1, 0.15) is 5.67 Å². The number of carbonyl (C=O) groups is 1. The second kappa shape index (κ2) is 9.56. The van der Waals surface area contributed by atoms with Gasteiger partial charge in [0.05, 0.1) is 17.7 Å². The Labute approximate surface area is 211 Å². The molecular formula is C30H34FN3O2. The zero-order valence-corrected chi connectivity index (χ0v) is 20.7. The van der Waals surface area contributed by atoms with E-state index < -0.39 is 11.8 Å². The molecule has 1 aromatic heterocycles. The molecule has 0 bridgehead atoms. The van der Waals surface area contributed by atoms with Gasteiger partial charge in [0.2, 0.25) is 0 Å². The molecule has 3 heterocycles. The summed E-state index contributed by atoms with van der Waals surface area (Å²) in [4.78, 5) is 22.4. The van der Waals surface area contributed by atoms with E-state index in [0.29, 0.717) is 45.4 Å². The van der Waals surface area contributed by atoms with Gasteiger partial charge >= 0.3 is 0 Å². The molecule has 3 aromatic rings. The highest BCUT2D eigenvalue weighted by Crippen LogP contribution is 2.37. The van der Waals surface area contributed by atoms with E-state index in [-0.39, 0.29) is 11.9 Å². The third-order valence-corrected chi connectivity index (χ3v) is 8.51. The van der Waals surface area contributed by atoms with Crippen molar-refractivity contribution in [3.05, 3.63) is 77.0 Å². The summed E-state index contributed by atoms with van der Waals surface area (Å²) in [5, 5.41) is 11.7. The number of alkyl halides is 1. The minimum atomic E-state index is -1.17. The van der Waals surface area contributed by atoms with Crippen LogP contribution in [0.15, 0.2) is 54.7 Å². The molecule has 6 heteroatoms. The number of rotatable bonds is 5. The summed E-state index contributed by atoms with van der Waals surface area (Å²) in [5.74, 6) is 0.00836. The van der Waals surface area contributed by atoms with Crippen LogP contribution in [0.4, 0.5) is 4.39 Å². The van der Waals surface area contributed by atoms with Gasteiger partial charge in [-0.1, -0.05) is 49.2 Å². The zero-order valence-electron chi connectivity index (χ0n) is 20.7.